The molecule has 5 rings (SSSR count). The largest absolute Gasteiger partial charge is 0.300 e. The Bertz CT molecular complexity index is 1080. The van der Waals surface area contributed by atoms with Crippen LogP contribution in [0, 0.1) is 30.6 Å². The number of hydrogen-bond acceptors (Lipinski definition) is 6. The van der Waals surface area contributed by atoms with E-state index in [1.165, 1.54) is 16.2 Å². The minimum Gasteiger partial charge on any atom is -0.300 e. The van der Waals surface area contributed by atoms with E-state index in [1.807, 2.05) is 31.2 Å². The molecule has 3 aliphatic rings. The average molecular weight is 451 g/mol. The first-order valence-corrected chi connectivity index (χ1v) is 12.0. The Morgan fingerprint density at radius 3 is 2.50 bits per heavy atom. The van der Waals surface area contributed by atoms with Gasteiger partial charge in [-0.25, -0.2) is 0 Å². The van der Waals surface area contributed by atoms with E-state index in [0.29, 0.717) is 5.13 Å². The molecule has 1 aromatic carbocycles. The first-order chi connectivity index (χ1) is 15.5. The highest BCUT2D eigenvalue weighted by molar-refractivity contribution is 7.15. The van der Waals surface area contributed by atoms with Gasteiger partial charge in [0.1, 0.15) is 5.01 Å². The van der Waals surface area contributed by atoms with Crippen molar-refractivity contribution >= 4 is 34.2 Å². The zero-order chi connectivity index (χ0) is 22.4. The standard InChI is InChI=1S/C24H26N4O3S/c1-3-6-19-26-27-24(32-19)25-18(29)12-17(16-8-5-4-7-13(16)2)28-22(30)20-14-9-10-15(11-14)21(20)23(28)31/h4-5,7-10,14-15,17,20-21H,3,6,11-12H2,1-2H3,(H,25,27,29). The van der Waals surface area contributed by atoms with Crippen LogP contribution in [-0.4, -0.2) is 32.8 Å². The maximum absolute atomic E-state index is 13.4. The lowest BCUT2D eigenvalue weighted by Crippen LogP contribution is -2.38. The van der Waals surface area contributed by atoms with Crippen molar-refractivity contribution < 1.29 is 14.4 Å². The zero-order valence-electron chi connectivity index (χ0n) is 18.2. The molecule has 1 N–H and O–H groups in total. The van der Waals surface area contributed by atoms with E-state index in [0.717, 1.165) is 35.4 Å². The Morgan fingerprint density at radius 2 is 1.84 bits per heavy atom. The van der Waals surface area contributed by atoms with E-state index < -0.39 is 6.04 Å². The minimum absolute atomic E-state index is 0.00672. The van der Waals surface area contributed by atoms with Crippen LogP contribution in [0.25, 0.3) is 0 Å². The van der Waals surface area contributed by atoms with Gasteiger partial charge in [-0.3, -0.25) is 19.3 Å². The fraction of sp³-hybridized carbons (Fsp3) is 0.458. The first kappa shape index (κ1) is 21.0. The average Bonchev–Trinajstić information content (AvgIpc) is 3.53. The van der Waals surface area contributed by atoms with E-state index in [2.05, 4.69) is 34.6 Å². The second-order valence-electron chi connectivity index (χ2n) is 8.92. The van der Waals surface area contributed by atoms with Crippen LogP contribution in [0.2, 0.25) is 0 Å². The van der Waals surface area contributed by atoms with Crippen LogP contribution in [0.4, 0.5) is 5.13 Å². The smallest absolute Gasteiger partial charge is 0.234 e. The lowest BCUT2D eigenvalue weighted by molar-refractivity contribution is -0.144. The number of allylic oxidation sites excluding steroid dienone is 2. The summed E-state index contributed by atoms with van der Waals surface area (Å²) in [5, 5.41) is 12.3. The number of benzene rings is 1. The fourth-order valence-corrected chi connectivity index (χ4v) is 6.36. The van der Waals surface area contributed by atoms with Crippen molar-refractivity contribution in [1.29, 1.82) is 0 Å². The van der Waals surface area contributed by atoms with E-state index >= 15 is 0 Å². The Balaban J connectivity index is 1.42. The molecule has 0 spiro atoms. The van der Waals surface area contributed by atoms with Gasteiger partial charge in [-0.15, -0.1) is 10.2 Å². The number of anilines is 1. The van der Waals surface area contributed by atoms with Gasteiger partial charge in [0.05, 0.1) is 24.3 Å². The molecule has 0 radical (unpaired) electrons. The Hall–Kier alpha value is -2.87. The number of rotatable bonds is 7. The number of carbonyl (C=O) groups excluding carboxylic acids is 3. The molecule has 5 unspecified atom stereocenters. The molecular weight excluding hydrogens is 424 g/mol. The normalized spacial score (nSPS) is 26.6. The number of amides is 3. The molecule has 1 aromatic heterocycles. The van der Waals surface area contributed by atoms with Gasteiger partial charge < -0.3 is 5.32 Å². The molecule has 2 heterocycles. The van der Waals surface area contributed by atoms with Crippen molar-refractivity contribution in [3.05, 3.63) is 52.6 Å². The molecule has 2 aliphatic carbocycles. The first-order valence-electron chi connectivity index (χ1n) is 11.2. The molecular formula is C24H26N4O3S. The van der Waals surface area contributed by atoms with E-state index in [9.17, 15) is 14.4 Å². The number of fused-ring (bicyclic) bond motifs is 5. The minimum atomic E-state index is -0.635. The van der Waals surface area contributed by atoms with Crippen molar-refractivity contribution in [3.8, 4) is 0 Å². The number of aromatic nitrogens is 2. The third-order valence-electron chi connectivity index (χ3n) is 6.92. The van der Waals surface area contributed by atoms with Gasteiger partial charge in [-0.1, -0.05) is 54.7 Å². The van der Waals surface area contributed by atoms with Gasteiger partial charge in [0.25, 0.3) is 0 Å². The quantitative estimate of drug-likeness (QED) is 0.513. The maximum Gasteiger partial charge on any atom is 0.234 e. The number of aryl methyl sites for hydroxylation is 2. The summed E-state index contributed by atoms with van der Waals surface area (Å²) in [4.78, 5) is 41.3. The van der Waals surface area contributed by atoms with Gasteiger partial charge in [0.15, 0.2) is 0 Å². The molecule has 8 heteroatoms. The summed E-state index contributed by atoms with van der Waals surface area (Å²) >= 11 is 1.36. The molecule has 2 bridgehead atoms. The second kappa shape index (κ2) is 8.24. The number of nitrogens with one attached hydrogen (secondary N) is 1. The summed E-state index contributed by atoms with van der Waals surface area (Å²) in [6, 6.07) is 7.01. The summed E-state index contributed by atoms with van der Waals surface area (Å²) in [7, 11) is 0. The SMILES string of the molecule is CCCc1nnc(NC(=O)CC(c2ccccc2C)N2C(=O)C3C4C=CC(C4)C3C2=O)s1. The van der Waals surface area contributed by atoms with Crippen LogP contribution in [0.3, 0.4) is 0 Å². The van der Waals surface area contributed by atoms with Crippen molar-refractivity contribution in [1.82, 2.24) is 15.1 Å². The highest BCUT2D eigenvalue weighted by Crippen LogP contribution is 2.54. The van der Waals surface area contributed by atoms with E-state index in [4.69, 9.17) is 0 Å². The van der Waals surface area contributed by atoms with Crippen molar-refractivity contribution in [2.75, 3.05) is 5.32 Å². The summed E-state index contributed by atoms with van der Waals surface area (Å²) in [6.07, 6.45) is 6.81. The number of likely N-dealkylation sites (tertiary alicyclic amines) is 1. The maximum atomic E-state index is 13.4. The van der Waals surface area contributed by atoms with E-state index in [-0.39, 0.29) is 47.8 Å². The summed E-state index contributed by atoms with van der Waals surface area (Å²) in [5.74, 6) is -0.861. The van der Waals surface area contributed by atoms with Gasteiger partial charge >= 0.3 is 0 Å². The fourth-order valence-electron chi connectivity index (χ4n) is 5.50. The molecule has 166 valence electrons. The van der Waals surface area contributed by atoms with Gasteiger partial charge in [0, 0.05) is 6.42 Å². The molecule has 2 fully saturated rings. The molecule has 1 saturated heterocycles. The predicted octanol–water partition coefficient (Wildman–Crippen LogP) is 3.68. The van der Waals surface area contributed by atoms with E-state index in [1.54, 1.807) is 0 Å². The van der Waals surface area contributed by atoms with Crippen LogP contribution in [-0.2, 0) is 20.8 Å². The monoisotopic (exact) mass is 450 g/mol. The molecule has 3 amide bonds. The number of hydrogen-bond donors (Lipinski definition) is 1. The van der Waals surface area contributed by atoms with Crippen LogP contribution in [0.5, 0.6) is 0 Å². The Morgan fingerprint density at radius 1 is 1.16 bits per heavy atom. The van der Waals surface area contributed by atoms with Crippen molar-refractivity contribution in [2.45, 2.75) is 45.6 Å². The third-order valence-corrected chi connectivity index (χ3v) is 7.82. The van der Waals surface area contributed by atoms with Crippen LogP contribution < -0.4 is 5.32 Å². The summed E-state index contributed by atoms with van der Waals surface area (Å²) in [5.41, 5.74) is 1.78. The molecule has 1 aliphatic heterocycles. The second-order valence-corrected chi connectivity index (χ2v) is 9.98. The van der Waals surface area contributed by atoms with Gasteiger partial charge in [-0.05, 0) is 42.7 Å². The number of imide groups is 1. The Kier molecular flexibility index (Phi) is 5.41. The van der Waals surface area contributed by atoms with Crippen molar-refractivity contribution in [3.63, 3.8) is 0 Å². The van der Waals surface area contributed by atoms with Crippen LogP contribution >= 0.6 is 11.3 Å². The van der Waals surface area contributed by atoms with Crippen molar-refractivity contribution in [2.24, 2.45) is 23.7 Å². The molecule has 5 atom stereocenters. The van der Waals surface area contributed by atoms with Crippen LogP contribution in [0.1, 0.15) is 48.4 Å². The molecule has 7 nitrogen and oxygen atoms in total. The molecule has 1 saturated carbocycles. The van der Waals surface area contributed by atoms with Gasteiger partial charge in [-0.2, -0.15) is 0 Å². The number of nitrogens with zero attached hydrogens (tertiary/aromatic N) is 3. The lowest BCUT2D eigenvalue weighted by atomic mass is 9.85. The highest BCUT2D eigenvalue weighted by atomic mass is 32.1. The lowest BCUT2D eigenvalue weighted by Gasteiger charge is -2.29. The highest BCUT2D eigenvalue weighted by Gasteiger charge is 2.60. The Labute approximate surface area is 190 Å². The molecule has 2 aromatic rings. The topological polar surface area (TPSA) is 92.3 Å². The zero-order valence-corrected chi connectivity index (χ0v) is 19.0. The molecule has 32 heavy (non-hydrogen) atoms. The third kappa shape index (κ3) is 3.46. The predicted molar refractivity (Wildman–Crippen MR) is 121 cm³/mol. The summed E-state index contributed by atoms with van der Waals surface area (Å²) < 4.78 is 0. The van der Waals surface area contributed by atoms with Crippen LogP contribution in [0.15, 0.2) is 36.4 Å². The number of carbonyl (C=O) groups is 3. The summed E-state index contributed by atoms with van der Waals surface area (Å²) in [6.45, 7) is 4.01. The van der Waals surface area contributed by atoms with Gasteiger partial charge in [0.2, 0.25) is 22.9 Å².